The second-order valence-electron chi connectivity index (χ2n) is 6.77. The number of amides is 3. The van der Waals surface area contributed by atoms with Crippen molar-refractivity contribution in [1.29, 1.82) is 0 Å². The predicted molar refractivity (Wildman–Crippen MR) is 110 cm³/mol. The van der Waals surface area contributed by atoms with Gasteiger partial charge in [0.05, 0.1) is 7.11 Å². The zero-order valence-corrected chi connectivity index (χ0v) is 16.0. The summed E-state index contributed by atoms with van der Waals surface area (Å²) in [5, 5.41) is 5.65. The quantitative estimate of drug-likeness (QED) is 0.685. The molecule has 1 saturated carbocycles. The Bertz CT molecular complexity index is 827. The fraction of sp³-hybridized carbons (Fsp3) is 0.273. The number of nitrogens with one attached hydrogen (secondary N) is 2. The van der Waals surface area contributed by atoms with Gasteiger partial charge in [0, 0.05) is 30.4 Å². The number of hydrogen-bond donors (Lipinski definition) is 2. The van der Waals surface area contributed by atoms with Crippen molar-refractivity contribution in [3.8, 4) is 5.75 Å². The highest BCUT2D eigenvalue weighted by Gasteiger charge is 2.23. The van der Waals surface area contributed by atoms with Gasteiger partial charge in [-0.05, 0) is 54.8 Å². The molecule has 0 aromatic heterocycles. The standard InChI is InChI=1S/C22H25N3O3/c1-3-14-25(15-16-4-12-20(28-2)13-5-16)21(26)17-6-8-18(9-7-17)23-22(27)24-19-10-11-19/h3-9,12-13,19H,1,10-11,14-15H2,2H3,(H2,23,24,27). The van der Waals surface area contributed by atoms with Crippen LogP contribution in [-0.4, -0.2) is 36.5 Å². The number of carbonyl (C=O) groups excluding carboxylic acids is 2. The molecule has 0 unspecified atom stereocenters. The Labute approximate surface area is 165 Å². The van der Waals surface area contributed by atoms with E-state index in [1.54, 1.807) is 42.4 Å². The van der Waals surface area contributed by atoms with Crippen molar-refractivity contribution in [2.45, 2.75) is 25.4 Å². The topological polar surface area (TPSA) is 70.7 Å². The summed E-state index contributed by atoms with van der Waals surface area (Å²) < 4.78 is 5.17. The number of rotatable bonds is 8. The van der Waals surface area contributed by atoms with Crippen molar-refractivity contribution in [2.24, 2.45) is 0 Å². The number of methoxy groups -OCH3 is 1. The Morgan fingerprint density at radius 3 is 2.39 bits per heavy atom. The number of urea groups is 1. The highest BCUT2D eigenvalue weighted by atomic mass is 16.5. The van der Waals surface area contributed by atoms with Gasteiger partial charge in [0.2, 0.25) is 0 Å². The molecule has 2 aromatic carbocycles. The van der Waals surface area contributed by atoms with Gasteiger partial charge in [-0.2, -0.15) is 0 Å². The highest BCUT2D eigenvalue weighted by molar-refractivity contribution is 5.95. The zero-order valence-electron chi connectivity index (χ0n) is 16.0. The minimum absolute atomic E-state index is 0.0929. The molecule has 0 heterocycles. The molecule has 28 heavy (non-hydrogen) atoms. The molecule has 2 N–H and O–H groups in total. The largest absolute Gasteiger partial charge is 0.497 e. The van der Waals surface area contributed by atoms with Gasteiger partial charge in [-0.3, -0.25) is 4.79 Å². The lowest BCUT2D eigenvalue weighted by atomic mass is 10.1. The lowest BCUT2D eigenvalue weighted by molar-refractivity contribution is 0.0762. The Morgan fingerprint density at radius 2 is 1.82 bits per heavy atom. The number of anilines is 1. The monoisotopic (exact) mass is 379 g/mol. The van der Waals surface area contributed by atoms with Crippen LogP contribution < -0.4 is 15.4 Å². The molecule has 0 spiro atoms. The number of carbonyl (C=O) groups is 2. The fourth-order valence-corrected chi connectivity index (χ4v) is 2.79. The first-order valence-corrected chi connectivity index (χ1v) is 9.29. The van der Waals surface area contributed by atoms with E-state index in [-0.39, 0.29) is 11.9 Å². The van der Waals surface area contributed by atoms with Gasteiger partial charge in [-0.1, -0.05) is 18.2 Å². The van der Waals surface area contributed by atoms with Crippen molar-refractivity contribution >= 4 is 17.6 Å². The summed E-state index contributed by atoms with van der Waals surface area (Å²) in [6, 6.07) is 14.6. The Morgan fingerprint density at radius 1 is 1.14 bits per heavy atom. The van der Waals surface area contributed by atoms with E-state index in [0.717, 1.165) is 24.2 Å². The average Bonchev–Trinajstić information content (AvgIpc) is 3.52. The Hall–Kier alpha value is -3.28. The summed E-state index contributed by atoms with van der Waals surface area (Å²) in [5.41, 5.74) is 2.22. The van der Waals surface area contributed by atoms with Crippen LogP contribution in [0.3, 0.4) is 0 Å². The molecule has 6 heteroatoms. The number of benzene rings is 2. The van der Waals surface area contributed by atoms with Crippen LogP contribution in [0, 0.1) is 0 Å². The molecule has 1 aliphatic carbocycles. The molecule has 0 radical (unpaired) electrons. The van der Waals surface area contributed by atoms with Crippen molar-refractivity contribution < 1.29 is 14.3 Å². The molecule has 146 valence electrons. The van der Waals surface area contributed by atoms with Gasteiger partial charge in [0.25, 0.3) is 5.91 Å². The maximum absolute atomic E-state index is 12.9. The molecule has 2 aromatic rings. The van der Waals surface area contributed by atoms with E-state index in [1.807, 2.05) is 24.3 Å². The van der Waals surface area contributed by atoms with E-state index in [9.17, 15) is 9.59 Å². The van der Waals surface area contributed by atoms with Gasteiger partial charge in [0.1, 0.15) is 5.75 Å². The summed E-state index contributed by atoms with van der Waals surface area (Å²) in [6.07, 6.45) is 3.78. The molecule has 0 saturated heterocycles. The minimum atomic E-state index is -0.214. The van der Waals surface area contributed by atoms with Crippen molar-refractivity contribution in [3.05, 3.63) is 72.3 Å². The van der Waals surface area contributed by atoms with E-state index in [4.69, 9.17) is 4.74 Å². The van der Waals surface area contributed by atoms with E-state index in [0.29, 0.717) is 30.4 Å². The summed E-state index contributed by atoms with van der Waals surface area (Å²) in [7, 11) is 1.62. The Kier molecular flexibility index (Phi) is 6.32. The second-order valence-corrected chi connectivity index (χ2v) is 6.77. The maximum Gasteiger partial charge on any atom is 0.319 e. The minimum Gasteiger partial charge on any atom is -0.497 e. The summed E-state index contributed by atoms with van der Waals surface area (Å²) in [4.78, 5) is 26.4. The third-order valence-electron chi connectivity index (χ3n) is 4.47. The highest BCUT2D eigenvalue weighted by Crippen LogP contribution is 2.19. The molecule has 1 aliphatic rings. The van der Waals surface area contributed by atoms with Gasteiger partial charge in [0.15, 0.2) is 0 Å². The predicted octanol–water partition coefficient (Wildman–Crippen LogP) is 3.81. The van der Waals surface area contributed by atoms with Crippen molar-refractivity contribution in [2.75, 3.05) is 19.0 Å². The fourth-order valence-electron chi connectivity index (χ4n) is 2.79. The lowest BCUT2D eigenvalue weighted by Gasteiger charge is -2.21. The van der Waals surface area contributed by atoms with Gasteiger partial charge in [-0.15, -0.1) is 6.58 Å². The molecular weight excluding hydrogens is 354 g/mol. The van der Waals surface area contributed by atoms with E-state index in [1.165, 1.54) is 0 Å². The third-order valence-corrected chi connectivity index (χ3v) is 4.47. The van der Waals surface area contributed by atoms with Crippen LogP contribution in [0.25, 0.3) is 0 Å². The van der Waals surface area contributed by atoms with Crippen molar-refractivity contribution in [1.82, 2.24) is 10.2 Å². The maximum atomic E-state index is 12.9. The molecule has 3 rings (SSSR count). The smallest absolute Gasteiger partial charge is 0.319 e. The molecule has 6 nitrogen and oxygen atoms in total. The van der Waals surface area contributed by atoms with Gasteiger partial charge < -0.3 is 20.3 Å². The second kappa shape index (κ2) is 9.08. The molecule has 3 amide bonds. The lowest BCUT2D eigenvalue weighted by Crippen LogP contribution is -2.31. The van der Waals surface area contributed by atoms with E-state index < -0.39 is 0 Å². The first-order chi connectivity index (χ1) is 13.6. The SMILES string of the molecule is C=CCN(Cc1ccc(OC)cc1)C(=O)c1ccc(NC(=O)NC2CC2)cc1. The zero-order chi connectivity index (χ0) is 19.9. The van der Waals surface area contributed by atoms with Crippen molar-refractivity contribution in [3.63, 3.8) is 0 Å². The summed E-state index contributed by atoms with van der Waals surface area (Å²) >= 11 is 0. The van der Waals surface area contributed by atoms with E-state index in [2.05, 4.69) is 17.2 Å². The molecular formula is C22H25N3O3. The van der Waals surface area contributed by atoms with Crippen LogP contribution in [0.5, 0.6) is 5.75 Å². The average molecular weight is 379 g/mol. The molecule has 1 fully saturated rings. The van der Waals surface area contributed by atoms with Crippen LogP contribution in [0.15, 0.2) is 61.2 Å². The number of nitrogens with zero attached hydrogens (tertiary/aromatic N) is 1. The molecule has 0 atom stereocenters. The normalized spacial score (nSPS) is 12.8. The number of ether oxygens (including phenoxy) is 1. The van der Waals surface area contributed by atoms with Crippen LogP contribution >= 0.6 is 0 Å². The third kappa shape index (κ3) is 5.36. The first-order valence-electron chi connectivity index (χ1n) is 9.29. The van der Waals surface area contributed by atoms with E-state index >= 15 is 0 Å². The van der Waals surface area contributed by atoms with Crippen LogP contribution in [0.1, 0.15) is 28.8 Å². The molecule has 0 aliphatic heterocycles. The Balaban J connectivity index is 1.64. The molecule has 0 bridgehead atoms. The number of hydrogen-bond acceptors (Lipinski definition) is 3. The van der Waals surface area contributed by atoms with Gasteiger partial charge >= 0.3 is 6.03 Å². The van der Waals surface area contributed by atoms with Crippen LogP contribution in [0.4, 0.5) is 10.5 Å². The summed E-state index contributed by atoms with van der Waals surface area (Å²) in [6.45, 7) is 4.66. The summed E-state index contributed by atoms with van der Waals surface area (Å²) in [5.74, 6) is 0.684. The van der Waals surface area contributed by atoms with Crippen LogP contribution in [0.2, 0.25) is 0 Å². The van der Waals surface area contributed by atoms with Crippen LogP contribution in [-0.2, 0) is 6.54 Å². The first kappa shape index (κ1) is 19.5. The van der Waals surface area contributed by atoms with Gasteiger partial charge in [-0.25, -0.2) is 4.79 Å².